The van der Waals surface area contributed by atoms with Crippen molar-refractivity contribution in [2.45, 2.75) is 20.1 Å². The third-order valence-electron chi connectivity index (χ3n) is 3.59. The van der Waals surface area contributed by atoms with Crippen molar-refractivity contribution >= 4 is 12.6 Å². The normalized spacial score (nSPS) is 13.4. The first kappa shape index (κ1) is 13.2. The van der Waals surface area contributed by atoms with Crippen LogP contribution < -0.4 is 15.9 Å². The van der Waals surface area contributed by atoms with Crippen LogP contribution in [0, 0.1) is 6.92 Å². The Bertz CT molecular complexity index is 628. The molecule has 0 aliphatic carbocycles. The maximum Gasteiger partial charge on any atom is 0.492 e. The predicted octanol–water partition coefficient (Wildman–Crippen LogP) is 1.46. The van der Waals surface area contributed by atoms with E-state index in [0.717, 1.165) is 33.7 Å². The molecule has 0 bridgehead atoms. The van der Waals surface area contributed by atoms with Gasteiger partial charge in [0.1, 0.15) is 11.5 Å². The standard InChI is InChI=1S/C15H16BNO3/c1-10-14(7-4-12-9-19-16(18)15(10)12)20-13-5-2-11(8-17)3-6-13/h2-7,18H,8-9,17H2,1H3. The zero-order chi connectivity index (χ0) is 14.1. The third kappa shape index (κ3) is 2.31. The first-order valence-corrected chi connectivity index (χ1v) is 6.58. The van der Waals surface area contributed by atoms with Crippen LogP contribution in [0.1, 0.15) is 16.7 Å². The molecule has 1 heterocycles. The summed E-state index contributed by atoms with van der Waals surface area (Å²) in [5.41, 5.74) is 9.38. The maximum absolute atomic E-state index is 9.83. The molecule has 2 aromatic carbocycles. The van der Waals surface area contributed by atoms with Crippen molar-refractivity contribution in [3.8, 4) is 11.5 Å². The lowest BCUT2D eigenvalue weighted by Crippen LogP contribution is -2.30. The van der Waals surface area contributed by atoms with E-state index in [-0.39, 0.29) is 0 Å². The van der Waals surface area contributed by atoms with Crippen LogP contribution in [0.5, 0.6) is 11.5 Å². The van der Waals surface area contributed by atoms with Crippen LogP contribution in [-0.4, -0.2) is 12.1 Å². The molecule has 0 fully saturated rings. The van der Waals surface area contributed by atoms with Gasteiger partial charge >= 0.3 is 7.12 Å². The number of rotatable bonds is 3. The van der Waals surface area contributed by atoms with Gasteiger partial charge in [-0.05, 0) is 47.3 Å². The van der Waals surface area contributed by atoms with E-state index in [1.54, 1.807) is 0 Å². The number of hydrogen-bond donors (Lipinski definition) is 2. The molecule has 0 atom stereocenters. The van der Waals surface area contributed by atoms with Gasteiger partial charge in [0, 0.05) is 6.54 Å². The Morgan fingerprint density at radius 3 is 2.70 bits per heavy atom. The summed E-state index contributed by atoms with van der Waals surface area (Å²) < 4.78 is 11.1. The van der Waals surface area contributed by atoms with E-state index in [2.05, 4.69) is 0 Å². The molecule has 1 aliphatic heterocycles. The Morgan fingerprint density at radius 1 is 1.25 bits per heavy atom. The molecule has 3 N–H and O–H groups in total. The summed E-state index contributed by atoms with van der Waals surface area (Å²) in [5, 5.41) is 9.83. The van der Waals surface area contributed by atoms with Crippen molar-refractivity contribution in [1.29, 1.82) is 0 Å². The fourth-order valence-corrected chi connectivity index (χ4v) is 2.42. The van der Waals surface area contributed by atoms with Crippen LogP contribution in [-0.2, 0) is 17.8 Å². The smallest absolute Gasteiger partial charge is 0.457 e. The van der Waals surface area contributed by atoms with Crippen molar-refractivity contribution in [3.05, 3.63) is 53.1 Å². The zero-order valence-corrected chi connectivity index (χ0v) is 11.3. The summed E-state index contributed by atoms with van der Waals surface area (Å²) in [6, 6.07) is 11.5. The number of fused-ring (bicyclic) bond motifs is 1. The van der Waals surface area contributed by atoms with Gasteiger partial charge in [-0.15, -0.1) is 0 Å². The van der Waals surface area contributed by atoms with Crippen molar-refractivity contribution in [2.75, 3.05) is 0 Å². The topological polar surface area (TPSA) is 64.7 Å². The second kappa shape index (κ2) is 5.29. The van der Waals surface area contributed by atoms with E-state index >= 15 is 0 Å². The molecule has 0 saturated carbocycles. The van der Waals surface area contributed by atoms with E-state index < -0.39 is 7.12 Å². The molecule has 0 saturated heterocycles. The molecule has 1 aliphatic rings. The van der Waals surface area contributed by atoms with Crippen LogP contribution in [0.3, 0.4) is 0 Å². The van der Waals surface area contributed by atoms with E-state index in [1.807, 2.05) is 43.3 Å². The average molecular weight is 269 g/mol. The maximum atomic E-state index is 9.83. The van der Waals surface area contributed by atoms with Crippen LogP contribution in [0.4, 0.5) is 0 Å². The van der Waals surface area contributed by atoms with Crippen molar-refractivity contribution < 1.29 is 14.4 Å². The molecular formula is C15H16BNO3. The average Bonchev–Trinajstić information content (AvgIpc) is 2.85. The van der Waals surface area contributed by atoms with Gasteiger partial charge in [-0.25, -0.2) is 0 Å². The Hall–Kier alpha value is -1.82. The number of nitrogens with two attached hydrogens (primary N) is 1. The minimum absolute atomic E-state index is 0.447. The lowest BCUT2D eigenvalue weighted by molar-refractivity contribution is 0.275. The van der Waals surface area contributed by atoms with Crippen LogP contribution >= 0.6 is 0 Å². The molecule has 0 aromatic heterocycles. The van der Waals surface area contributed by atoms with Crippen LogP contribution in [0.15, 0.2) is 36.4 Å². The predicted molar refractivity (Wildman–Crippen MR) is 78.0 cm³/mol. The molecule has 0 radical (unpaired) electrons. The zero-order valence-electron chi connectivity index (χ0n) is 11.3. The van der Waals surface area contributed by atoms with Gasteiger partial charge in [0.05, 0.1) is 6.61 Å². The highest BCUT2D eigenvalue weighted by Crippen LogP contribution is 2.27. The largest absolute Gasteiger partial charge is 0.492 e. The van der Waals surface area contributed by atoms with Crippen LogP contribution in [0.2, 0.25) is 0 Å². The minimum atomic E-state index is -0.854. The Balaban J connectivity index is 1.89. The molecule has 4 nitrogen and oxygen atoms in total. The summed E-state index contributed by atoms with van der Waals surface area (Å²) in [5.74, 6) is 1.48. The van der Waals surface area contributed by atoms with E-state index in [4.69, 9.17) is 15.1 Å². The molecule has 3 rings (SSSR count). The van der Waals surface area contributed by atoms with E-state index in [1.165, 1.54) is 0 Å². The Labute approximate surface area is 118 Å². The molecular weight excluding hydrogens is 253 g/mol. The first-order valence-electron chi connectivity index (χ1n) is 6.58. The summed E-state index contributed by atoms with van der Waals surface area (Å²) in [6.45, 7) is 2.89. The van der Waals surface area contributed by atoms with Crippen molar-refractivity contribution in [2.24, 2.45) is 5.73 Å². The molecule has 2 aromatic rings. The van der Waals surface area contributed by atoms with Gasteiger partial charge < -0.3 is 20.1 Å². The van der Waals surface area contributed by atoms with Gasteiger partial charge in [0.2, 0.25) is 0 Å². The highest BCUT2D eigenvalue weighted by molar-refractivity contribution is 6.62. The molecule has 102 valence electrons. The van der Waals surface area contributed by atoms with Crippen LogP contribution in [0.25, 0.3) is 0 Å². The van der Waals surface area contributed by atoms with Gasteiger partial charge in [-0.2, -0.15) is 0 Å². The second-order valence-electron chi connectivity index (χ2n) is 4.87. The highest BCUT2D eigenvalue weighted by Gasteiger charge is 2.30. The molecule has 0 amide bonds. The summed E-state index contributed by atoms with van der Waals surface area (Å²) >= 11 is 0. The molecule has 5 heteroatoms. The lowest BCUT2D eigenvalue weighted by atomic mass is 9.76. The minimum Gasteiger partial charge on any atom is -0.457 e. The van der Waals surface area contributed by atoms with Crippen molar-refractivity contribution in [3.63, 3.8) is 0 Å². The quantitative estimate of drug-likeness (QED) is 0.828. The van der Waals surface area contributed by atoms with E-state index in [9.17, 15) is 5.02 Å². The number of ether oxygens (including phenoxy) is 1. The molecule has 0 spiro atoms. The lowest BCUT2D eigenvalue weighted by Gasteiger charge is -2.12. The summed E-state index contributed by atoms with van der Waals surface area (Å²) in [7, 11) is -0.854. The van der Waals surface area contributed by atoms with Gasteiger partial charge in [0.25, 0.3) is 0 Å². The van der Waals surface area contributed by atoms with Crippen molar-refractivity contribution in [1.82, 2.24) is 0 Å². The Morgan fingerprint density at radius 2 is 2.00 bits per heavy atom. The van der Waals surface area contributed by atoms with Gasteiger partial charge in [-0.3, -0.25) is 0 Å². The fourth-order valence-electron chi connectivity index (χ4n) is 2.42. The second-order valence-corrected chi connectivity index (χ2v) is 4.87. The third-order valence-corrected chi connectivity index (χ3v) is 3.59. The van der Waals surface area contributed by atoms with E-state index in [0.29, 0.717) is 13.2 Å². The summed E-state index contributed by atoms with van der Waals surface area (Å²) in [4.78, 5) is 0. The van der Waals surface area contributed by atoms with Gasteiger partial charge in [-0.1, -0.05) is 18.2 Å². The fraction of sp³-hybridized carbons (Fsp3) is 0.200. The Kier molecular flexibility index (Phi) is 3.48. The SMILES string of the molecule is Cc1c(Oc2ccc(CN)cc2)ccc2c1B(O)OC2. The first-order chi connectivity index (χ1) is 9.69. The summed E-state index contributed by atoms with van der Waals surface area (Å²) in [6.07, 6.45) is 0. The molecule has 20 heavy (non-hydrogen) atoms. The van der Waals surface area contributed by atoms with Gasteiger partial charge in [0.15, 0.2) is 0 Å². The number of benzene rings is 2. The number of hydrogen-bond acceptors (Lipinski definition) is 4. The highest BCUT2D eigenvalue weighted by atomic mass is 16.5. The monoisotopic (exact) mass is 269 g/mol. The molecule has 0 unspecified atom stereocenters.